The van der Waals surface area contributed by atoms with Crippen LogP contribution in [0.1, 0.15) is 19.0 Å². The van der Waals surface area contributed by atoms with E-state index in [4.69, 9.17) is 5.11 Å². The zero-order valence-corrected chi connectivity index (χ0v) is 10.3. The summed E-state index contributed by atoms with van der Waals surface area (Å²) in [5.41, 5.74) is 1.04. The number of nitrogens with zero attached hydrogens (tertiary/aromatic N) is 1. The lowest BCUT2D eigenvalue weighted by Crippen LogP contribution is -2.21. The molecule has 6 heteroatoms. The summed E-state index contributed by atoms with van der Waals surface area (Å²) < 4.78 is 0. The highest BCUT2D eigenvalue weighted by Crippen LogP contribution is 2.07. The molecule has 98 valence electrons. The Bertz CT molecular complexity index is 404. The highest BCUT2D eigenvalue weighted by Gasteiger charge is 2.04. The van der Waals surface area contributed by atoms with Crippen LogP contribution in [-0.4, -0.2) is 35.1 Å². The van der Waals surface area contributed by atoms with Crippen LogP contribution >= 0.6 is 0 Å². The molecule has 6 nitrogen and oxygen atoms in total. The third kappa shape index (κ3) is 5.40. The number of aliphatic carboxylic acids is 1. The van der Waals surface area contributed by atoms with Crippen LogP contribution in [0.25, 0.3) is 0 Å². The zero-order chi connectivity index (χ0) is 13.4. The lowest BCUT2D eigenvalue weighted by molar-refractivity contribution is -0.136. The van der Waals surface area contributed by atoms with Crippen molar-refractivity contribution in [2.75, 3.05) is 18.4 Å². The molecule has 0 unspecified atom stereocenters. The van der Waals surface area contributed by atoms with Gasteiger partial charge in [-0.15, -0.1) is 0 Å². The fourth-order valence-electron chi connectivity index (χ4n) is 1.36. The van der Waals surface area contributed by atoms with Crippen molar-refractivity contribution in [1.82, 2.24) is 10.3 Å². The number of amides is 1. The summed E-state index contributed by atoms with van der Waals surface area (Å²) in [5, 5.41) is 14.3. The molecule has 0 aromatic carbocycles. The van der Waals surface area contributed by atoms with Crippen molar-refractivity contribution in [1.29, 1.82) is 0 Å². The number of rotatable bonds is 7. The Kier molecular flexibility index (Phi) is 5.79. The van der Waals surface area contributed by atoms with Gasteiger partial charge in [0.05, 0.1) is 24.0 Å². The predicted octanol–water partition coefficient (Wildman–Crippen LogP) is 0.647. The van der Waals surface area contributed by atoms with Crippen LogP contribution in [-0.2, 0) is 16.0 Å². The minimum absolute atomic E-state index is 0.0938. The van der Waals surface area contributed by atoms with Gasteiger partial charge in [-0.1, -0.05) is 6.92 Å². The van der Waals surface area contributed by atoms with Crippen molar-refractivity contribution in [2.45, 2.75) is 19.8 Å². The lowest BCUT2D eigenvalue weighted by atomic mass is 10.2. The first kappa shape index (κ1) is 14.1. The van der Waals surface area contributed by atoms with E-state index in [1.165, 1.54) is 6.20 Å². The molecule has 0 radical (unpaired) electrons. The summed E-state index contributed by atoms with van der Waals surface area (Å²) in [5.74, 6) is -1.02. The monoisotopic (exact) mass is 251 g/mol. The second-order valence-electron chi connectivity index (χ2n) is 3.76. The molecule has 0 fully saturated rings. The number of hydrogen-bond acceptors (Lipinski definition) is 4. The Morgan fingerprint density at radius 2 is 2.17 bits per heavy atom. The molecular weight excluding hydrogens is 234 g/mol. The van der Waals surface area contributed by atoms with Gasteiger partial charge in [-0.2, -0.15) is 0 Å². The van der Waals surface area contributed by atoms with E-state index in [9.17, 15) is 9.59 Å². The highest BCUT2D eigenvalue weighted by molar-refractivity contribution is 5.90. The Morgan fingerprint density at radius 3 is 2.72 bits per heavy atom. The largest absolute Gasteiger partial charge is 0.481 e. The summed E-state index contributed by atoms with van der Waals surface area (Å²) >= 11 is 0. The minimum atomic E-state index is -0.926. The van der Waals surface area contributed by atoms with Crippen LogP contribution in [0.4, 0.5) is 5.69 Å². The van der Waals surface area contributed by atoms with E-state index < -0.39 is 5.97 Å². The number of nitrogens with one attached hydrogen (secondary N) is 2. The number of carboxylic acid groups (broad SMARTS) is 1. The number of aromatic nitrogens is 1. The van der Waals surface area contributed by atoms with Gasteiger partial charge in [-0.05, 0) is 18.7 Å². The number of carbonyl (C=O) groups is 2. The van der Waals surface area contributed by atoms with Crippen molar-refractivity contribution < 1.29 is 14.7 Å². The second kappa shape index (κ2) is 7.39. The van der Waals surface area contributed by atoms with Crippen LogP contribution < -0.4 is 10.6 Å². The molecule has 0 saturated heterocycles. The van der Waals surface area contributed by atoms with Crippen molar-refractivity contribution in [3.05, 3.63) is 24.0 Å². The number of hydrogen-bond donors (Lipinski definition) is 3. The van der Waals surface area contributed by atoms with Crippen molar-refractivity contribution >= 4 is 17.6 Å². The van der Waals surface area contributed by atoms with Crippen LogP contribution in [0.5, 0.6) is 0 Å². The normalized spacial score (nSPS) is 10.1. The smallest absolute Gasteiger partial charge is 0.309 e. The summed E-state index contributed by atoms with van der Waals surface area (Å²) in [4.78, 5) is 25.9. The van der Waals surface area contributed by atoms with Crippen LogP contribution in [0.2, 0.25) is 0 Å². The van der Waals surface area contributed by atoms with E-state index in [2.05, 4.69) is 15.6 Å². The molecule has 1 heterocycles. The van der Waals surface area contributed by atoms with Crippen molar-refractivity contribution in [3.8, 4) is 0 Å². The Morgan fingerprint density at radius 1 is 1.39 bits per heavy atom. The van der Waals surface area contributed by atoms with E-state index in [1.807, 2.05) is 6.92 Å². The average molecular weight is 251 g/mol. The molecule has 0 atom stereocenters. The highest BCUT2D eigenvalue weighted by atomic mass is 16.4. The van der Waals surface area contributed by atoms with E-state index in [-0.39, 0.29) is 12.3 Å². The molecule has 1 aromatic rings. The molecule has 0 spiro atoms. The SMILES string of the molecule is CCNCCC(=O)Nc1ccc(CC(=O)O)nc1. The molecule has 1 aromatic heterocycles. The van der Waals surface area contributed by atoms with Gasteiger partial charge in [0, 0.05) is 13.0 Å². The van der Waals surface area contributed by atoms with Gasteiger partial charge in [0.15, 0.2) is 0 Å². The van der Waals surface area contributed by atoms with Gasteiger partial charge < -0.3 is 15.7 Å². The average Bonchev–Trinajstić information content (AvgIpc) is 2.31. The number of anilines is 1. The summed E-state index contributed by atoms with van der Waals surface area (Å²) in [6.07, 6.45) is 1.74. The van der Waals surface area contributed by atoms with Crippen LogP contribution in [0, 0.1) is 0 Å². The van der Waals surface area contributed by atoms with Gasteiger partial charge in [0.2, 0.25) is 5.91 Å². The third-order valence-corrected chi connectivity index (χ3v) is 2.22. The fraction of sp³-hybridized carbons (Fsp3) is 0.417. The minimum Gasteiger partial charge on any atom is -0.481 e. The van der Waals surface area contributed by atoms with Gasteiger partial charge in [0.25, 0.3) is 0 Å². The van der Waals surface area contributed by atoms with Crippen LogP contribution in [0.15, 0.2) is 18.3 Å². The maximum absolute atomic E-state index is 11.5. The summed E-state index contributed by atoms with van der Waals surface area (Å²) in [6.45, 7) is 3.44. The number of carbonyl (C=O) groups excluding carboxylic acids is 1. The number of pyridine rings is 1. The number of carboxylic acids is 1. The molecule has 0 bridgehead atoms. The molecule has 0 aliphatic heterocycles. The molecule has 1 amide bonds. The zero-order valence-electron chi connectivity index (χ0n) is 10.3. The standard InChI is InChI=1S/C12H17N3O3/c1-2-13-6-5-11(16)15-10-4-3-9(14-8-10)7-12(17)18/h3-4,8,13H,2,5-7H2,1H3,(H,15,16)(H,17,18). The maximum Gasteiger partial charge on any atom is 0.309 e. The molecular formula is C12H17N3O3. The van der Waals surface area contributed by atoms with Gasteiger partial charge in [0.1, 0.15) is 0 Å². The fourth-order valence-corrected chi connectivity index (χ4v) is 1.36. The van der Waals surface area contributed by atoms with Crippen LogP contribution in [0.3, 0.4) is 0 Å². The first-order chi connectivity index (χ1) is 8.61. The molecule has 0 aliphatic rings. The predicted molar refractivity (Wildman–Crippen MR) is 67.4 cm³/mol. The quantitative estimate of drug-likeness (QED) is 0.619. The van der Waals surface area contributed by atoms with Gasteiger partial charge >= 0.3 is 5.97 Å². The maximum atomic E-state index is 11.5. The van der Waals surface area contributed by atoms with E-state index in [0.717, 1.165) is 6.54 Å². The molecule has 18 heavy (non-hydrogen) atoms. The first-order valence-corrected chi connectivity index (χ1v) is 5.79. The Labute approximate surface area is 105 Å². The van der Waals surface area contributed by atoms with Crippen molar-refractivity contribution in [3.63, 3.8) is 0 Å². The molecule has 0 aliphatic carbocycles. The topological polar surface area (TPSA) is 91.3 Å². The molecule has 1 rings (SSSR count). The van der Waals surface area contributed by atoms with Gasteiger partial charge in [-0.25, -0.2) is 0 Å². The van der Waals surface area contributed by atoms with E-state index >= 15 is 0 Å². The summed E-state index contributed by atoms with van der Waals surface area (Å²) in [7, 11) is 0. The lowest BCUT2D eigenvalue weighted by Gasteiger charge is -2.05. The first-order valence-electron chi connectivity index (χ1n) is 5.79. The second-order valence-corrected chi connectivity index (χ2v) is 3.76. The third-order valence-electron chi connectivity index (χ3n) is 2.22. The summed E-state index contributed by atoms with van der Waals surface area (Å²) in [6, 6.07) is 3.24. The Hall–Kier alpha value is -1.95. The molecule has 3 N–H and O–H groups in total. The van der Waals surface area contributed by atoms with Gasteiger partial charge in [-0.3, -0.25) is 14.6 Å². The van der Waals surface area contributed by atoms with Crippen molar-refractivity contribution in [2.24, 2.45) is 0 Å². The van der Waals surface area contributed by atoms with E-state index in [1.54, 1.807) is 12.1 Å². The molecule has 0 saturated carbocycles. The Balaban J connectivity index is 2.43. The van der Waals surface area contributed by atoms with E-state index in [0.29, 0.717) is 24.3 Å².